The number of amides is 2. The Balaban J connectivity index is 1.60. The molecule has 0 fully saturated rings. The van der Waals surface area contributed by atoms with Crippen LogP contribution < -0.4 is 14.4 Å². The first-order chi connectivity index (χ1) is 18.9. The molecule has 39 heavy (non-hydrogen) atoms. The Hall–Kier alpha value is -3.57. The average molecular weight is 551 g/mol. The summed E-state index contributed by atoms with van der Waals surface area (Å²) in [6, 6.07) is 14.6. The molecule has 3 aromatic rings. The summed E-state index contributed by atoms with van der Waals surface area (Å²) in [7, 11) is 8.35. The minimum Gasteiger partial charge on any atom is -0.496 e. The molecule has 0 bridgehead atoms. The SMILES string of the molecule is COCCOC(OC)c1c(OC)ccc2c1Sc1c(ccc(OC)c1CN1C(=O)c3ccccc3C1=O)N2C. The summed E-state index contributed by atoms with van der Waals surface area (Å²) >= 11 is 1.51. The third-order valence-electron chi connectivity index (χ3n) is 6.90. The summed E-state index contributed by atoms with van der Waals surface area (Å²) in [5.41, 5.74) is 4.15. The monoisotopic (exact) mass is 550 g/mol. The lowest BCUT2D eigenvalue weighted by molar-refractivity contribution is -0.137. The fraction of sp³-hybridized carbons (Fsp3) is 0.310. The Morgan fingerprint density at radius 3 is 2.00 bits per heavy atom. The molecule has 5 rings (SSSR count). The third-order valence-corrected chi connectivity index (χ3v) is 8.19. The summed E-state index contributed by atoms with van der Waals surface area (Å²) in [5.74, 6) is 0.558. The number of anilines is 2. The molecule has 2 amide bonds. The first-order valence-corrected chi connectivity index (χ1v) is 13.2. The van der Waals surface area contributed by atoms with Gasteiger partial charge < -0.3 is 28.6 Å². The Bertz CT molecular complexity index is 1390. The molecule has 3 aromatic carbocycles. The van der Waals surface area contributed by atoms with Gasteiger partial charge in [-0.05, 0) is 36.4 Å². The Morgan fingerprint density at radius 1 is 0.795 bits per heavy atom. The molecule has 2 heterocycles. The van der Waals surface area contributed by atoms with E-state index in [1.165, 1.54) is 16.7 Å². The van der Waals surface area contributed by atoms with Crippen LogP contribution in [0.15, 0.2) is 58.3 Å². The second-order valence-corrected chi connectivity index (χ2v) is 9.98. The summed E-state index contributed by atoms with van der Waals surface area (Å²) in [4.78, 5) is 31.5. The van der Waals surface area contributed by atoms with Gasteiger partial charge in [-0.3, -0.25) is 14.5 Å². The third kappa shape index (κ3) is 4.63. The van der Waals surface area contributed by atoms with Gasteiger partial charge in [0.1, 0.15) is 11.5 Å². The number of fused-ring (bicyclic) bond motifs is 3. The normalized spacial score (nSPS) is 14.7. The maximum absolute atomic E-state index is 13.2. The number of hydrogen-bond acceptors (Lipinski definition) is 9. The van der Waals surface area contributed by atoms with E-state index in [2.05, 4.69) is 4.90 Å². The lowest BCUT2D eigenvalue weighted by atomic mass is 10.1. The zero-order valence-electron chi connectivity index (χ0n) is 22.5. The predicted molar refractivity (Wildman–Crippen MR) is 146 cm³/mol. The summed E-state index contributed by atoms with van der Waals surface area (Å²) in [5, 5.41) is 0. The van der Waals surface area contributed by atoms with Gasteiger partial charge in [-0.15, -0.1) is 0 Å². The van der Waals surface area contributed by atoms with Crippen molar-refractivity contribution in [1.82, 2.24) is 4.90 Å². The van der Waals surface area contributed by atoms with Gasteiger partial charge in [-0.2, -0.15) is 0 Å². The van der Waals surface area contributed by atoms with Crippen LogP contribution in [0, 0.1) is 0 Å². The second-order valence-electron chi connectivity index (χ2n) is 8.96. The van der Waals surface area contributed by atoms with Crippen LogP contribution in [0.4, 0.5) is 11.4 Å². The molecule has 0 saturated heterocycles. The van der Waals surface area contributed by atoms with Gasteiger partial charge in [-0.25, -0.2) is 0 Å². The van der Waals surface area contributed by atoms with Crippen LogP contribution in [0.1, 0.15) is 38.1 Å². The lowest BCUT2D eigenvalue weighted by Gasteiger charge is -2.34. The van der Waals surface area contributed by atoms with Crippen molar-refractivity contribution in [3.63, 3.8) is 0 Å². The maximum atomic E-state index is 13.2. The van der Waals surface area contributed by atoms with Crippen molar-refractivity contribution in [2.24, 2.45) is 0 Å². The topological polar surface area (TPSA) is 86.8 Å². The highest BCUT2D eigenvalue weighted by molar-refractivity contribution is 7.99. The van der Waals surface area contributed by atoms with Gasteiger partial charge in [0.2, 0.25) is 0 Å². The van der Waals surface area contributed by atoms with Gasteiger partial charge in [-0.1, -0.05) is 23.9 Å². The van der Waals surface area contributed by atoms with Crippen molar-refractivity contribution in [3.05, 3.63) is 70.8 Å². The average Bonchev–Trinajstić information content (AvgIpc) is 3.20. The number of carbonyl (C=O) groups is 2. The van der Waals surface area contributed by atoms with Crippen LogP contribution in [-0.4, -0.2) is 65.4 Å². The second kappa shape index (κ2) is 11.3. The van der Waals surface area contributed by atoms with E-state index >= 15 is 0 Å². The van der Waals surface area contributed by atoms with E-state index in [-0.39, 0.29) is 18.4 Å². The lowest BCUT2D eigenvalue weighted by Crippen LogP contribution is -2.30. The molecule has 0 aliphatic carbocycles. The molecule has 0 spiro atoms. The number of ether oxygens (including phenoxy) is 5. The van der Waals surface area contributed by atoms with E-state index in [1.807, 2.05) is 31.3 Å². The van der Waals surface area contributed by atoms with Crippen molar-refractivity contribution in [2.45, 2.75) is 22.6 Å². The summed E-state index contributed by atoms with van der Waals surface area (Å²) in [6.45, 7) is 0.804. The summed E-state index contributed by atoms with van der Waals surface area (Å²) < 4.78 is 28.4. The van der Waals surface area contributed by atoms with Crippen LogP contribution in [0.2, 0.25) is 0 Å². The standard InChI is InChI=1S/C29H30N2O7S/c1-30-20-10-12-22(35-3)19(16-31-27(32)17-8-6-7-9-18(17)28(31)33)25(20)39-26-21(30)11-13-23(36-4)24(26)29(37-5)38-15-14-34-2/h6-13,29H,14-16H2,1-5H3. The molecule has 0 radical (unpaired) electrons. The molecule has 0 aromatic heterocycles. The molecular formula is C29H30N2O7S. The highest BCUT2D eigenvalue weighted by Gasteiger charge is 2.38. The molecule has 1 atom stereocenters. The largest absolute Gasteiger partial charge is 0.496 e. The Labute approximate surface area is 231 Å². The van der Waals surface area contributed by atoms with Gasteiger partial charge in [0.25, 0.3) is 11.8 Å². The number of methoxy groups -OCH3 is 4. The van der Waals surface area contributed by atoms with E-state index in [9.17, 15) is 9.59 Å². The van der Waals surface area contributed by atoms with E-state index in [0.717, 1.165) is 32.3 Å². The Kier molecular flexibility index (Phi) is 7.81. The smallest absolute Gasteiger partial charge is 0.261 e. The van der Waals surface area contributed by atoms with Crippen molar-refractivity contribution < 1.29 is 33.3 Å². The molecule has 9 nitrogen and oxygen atoms in total. The number of benzene rings is 3. The quantitative estimate of drug-likeness (QED) is 0.196. The fourth-order valence-corrected chi connectivity index (χ4v) is 6.36. The van der Waals surface area contributed by atoms with Crippen molar-refractivity contribution in [2.75, 3.05) is 53.6 Å². The maximum Gasteiger partial charge on any atom is 0.261 e. The van der Waals surface area contributed by atoms with Crippen LogP contribution >= 0.6 is 11.8 Å². The van der Waals surface area contributed by atoms with Gasteiger partial charge >= 0.3 is 0 Å². The molecule has 10 heteroatoms. The molecular weight excluding hydrogens is 520 g/mol. The number of hydrogen-bond donors (Lipinski definition) is 0. The van der Waals surface area contributed by atoms with Gasteiger partial charge in [0, 0.05) is 36.6 Å². The number of rotatable bonds is 10. The van der Waals surface area contributed by atoms with Gasteiger partial charge in [0.05, 0.1) is 62.0 Å². The van der Waals surface area contributed by atoms with E-state index in [0.29, 0.717) is 35.8 Å². The molecule has 2 aliphatic heterocycles. The highest BCUT2D eigenvalue weighted by atomic mass is 32.2. The molecule has 1 unspecified atom stereocenters. The Morgan fingerprint density at radius 2 is 1.41 bits per heavy atom. The molecule has 0 saturated carbocycles. The highest BCUT2D eigenvalue weighted by Crippen LogP contribution is 2.55. The fourth-order valence-electron chi connectivity index (χ4n) is 4.94. The van der Waals surface area contributed by atoms with Crippen LogP contribution in [0.5, 0.6) is 11.5 Å². The zero-order valence-corrected chi connectivity index (χ0v) is 23.3. The van der Waals surface area contributed by atoms with E-state index < -0.39 is 6.29 Å². The van der Waals surface area contributed by atoms with Crippen LogP contribution in [0.3, 0.4) is 0 Å². The first kappa shape index (κ1) is 27.0. The minimum atomic E-state index is -0.710. The van der Waals surface area contributed by atoms with Crippen LogP contribution in [0.25, 0.3) is 0 Å². The molecule has 0 N–H and O–H groups in total. The summed E-state index contributed by atoms with van der Waals surface area (Å²) in [6.07, 6.45) is -0.710. The van der Waals surface area contributed by atoms with E-state index in [4.69, 9.17) is 23.7 Å². The molecule has 2 aliphatic rings. The number of nitrogens with zero attached hydrogens (tertiary/aromatic N) is 2. The van der Waals surface area contributed by atoms with E-state index in [1.54, 1.807) is 52.7 Å². The predicted octanol–water partition coefficient (Wildman–Crippen LogP) is 5.04. The minimum absolute atomic E-state index is 0.0617. The zero-order chi connectivity index (χ0) is 27.7. The first-order valence-electron chi connectivity index (χ1n) is 12.4. The molecule has 204 valence electrons. The van der Waals surface area contributed by atoms with Crippen molar-refractivity contribution in [1.29, 1.82) is 0 Å². The van der Waals surface area contributed by atoms with Crippen molar-refractivity contribution >= 4 is 35.0 Å². The van der Waals surface area contributed by atoms with Crippen LogP contribution in [-0.2, 0) is 20.8 Å². The van der Waals surface area contributed by atoms with Gasteiger partial charge in [0.15, 0.2) is 6.29 Å². The number of carbonyl (C=O) groups excluding carboxylic acids is 2. The number of imide groups is 1. The van der Waals surface area contributed by atoms with Crippen molar-refractivity contribution in [3.8, 4) is 11.5 Å².